The molecule has 0 radical (unpaired) electrons. The molecule has 1 saturated heterocycles. The first-order valence-corrected chi connectivity index (χ1v) is 9.09. The van der Waals surface area contributed by atoms with Crippen molar-refractivity contribution >= 4 is 45.5 Å². The van der Waals surface area contributed by atoms with Gasteiger partial charge in [0.2, 0.25) is 0 Å². The molecule has 0 unspecified atom stereocenters. The molecule has 3 rings (SSSR count). The number of allylic oxidation sites excluding steroid dienone is 1. The molecule has 2 aromatic rings. The van der Waals surface area contributed by atoms with E-state index in [-0.39, 0.29) is 0 Å². The summed E-state index contributed by atoms with van der Waals surface area (Å²) in [6.45, 7) is 3.73. The van der Waals surface area contributed by atoms with Gasteiger partial charge in [0.1, 0.15) is 0 Å². The van der Waals surface area contributed by atoms with Crippen LogP contribution in [0.15, 0.2) is 64.2 Å². The molecular weight excluding hydrogens is 386 g/mol. The molecule has 3 nitrogen and oxygen atoms in total. The highest BCUT2D eigenvalue weighted by atomic mass is 79.9. The molecule has 24 heavy (non-hydrogen) atoms. The Hall–Kier alpha value is -1.78. The van der Waals surface area contributed by atoms with E-state index in [1.165, 1.54) is 5.69 Å². The number of hydrazone groups is 1. The molecule has 5 heteroatoms. The van der Waals surface area contributed by atoms with Crippen molar-refractivity contribution in [2.24, 2.45) is 5.10 Å². The highest BCUT2D eigenvalue weighted by molar-refractivity contribution is 9.12. The molecule has 1 fully saturated rings. The fraction of sp³-hybridized carbons (Fsp3) is 0.211. The molecule has 124 valence electrons. The van der Waals surface area contributed by atoms with E-state index in [1.54, 1.807) is 0 Å². The zero-order chi connectivity index (χ0) is 16.8. The van der Waals surface area contributed by atoms with Crippen molar-refractivity contribution < 1.29 is 0 Å². The molecule has 0 bridgehead atoms. The maximum absolute atomic E-state index is 5.95. The smallest absolute Gasteiger partial charge is 0.0612 e. The van der Waals surface area contributed by atoms with Crippen LogP contribution in [0.25, 0.3) is 6.08 Å². The van der Waals surface area contributed by atoms with Crippen molar-refractivity contribution in [1.29, 1.82) is 0 Å². The van der Waals surface area contributed by atoms with Gasteiger partial charge >= 0.3 is 0 Å². The minimum Gasteiger partial charge on any atom is -0.368 e. The number of piperazine rings is 1. The first-order chi connectivity index (χ1) is 11.7. The Morgan fingerprint density at radius 1 is 0.958 bits per heavy atom. The summed E-state index contributed by atoms with van der Waals surface area (Å²) in [7, 11) is 0. The van der Waals surface area contributed by atoms with Gasteiger partial charge < -0.3 is 4.90 Å². The van der Waals surface area contributed by atoms with Crippen LogP contribution in [0.4, 0.5) is 5.69 Å². The normalized spacial score (nSPS) is 16.0. The van der Waals surface area contributed by atoms with Crippen LogP contribution in [0.3, 0.4) is 0 Å². The van der Waals surface area contributed by atoms with Crippen LogP contribution < -0.4 is 4.90 Å². The zero-order valence-electron chi connectivity index (χ0n) is 13.3. The molecule has 1 aliphatic heterocycles. The maximum Gasteiger partial charge on any atom is 0.0612 e. The van der Waals surface area contributed by atoms with Crippen LogP contribution in [0.2, 0.25) is 5.02 Å². The molecule has 2 aromatic carbocycles. The van der Waals surface area contributed by atoms with E-state index < -0.39 is 0 Å². The van der Waals surface area contributed by atoms with E-state index in [0.29, 0.717) is 0 Å². The van der Waals surface area contributed by atoms with E-state index in [0.717, 1.165) is 41.2 Å². The van der Waals surface area contributed by atoms with Crippen molar-refractivity contribution in [3.8, 4) is 0 Å². The summed E-state index contributed by atoms with van der Waals surface area (Å²) in [5, 5.41) is 7.45. The Bertz CT molecular complexity index is 705. The molecular formula is C19H19BrClN3. The van der Waals surface area contributed by atoms with Gasteiger partial charge in [-0.2, -0.15) is 5.10 Å². The SMILES string of the molecule is Clc1ccc(N2CCN(N=CC(Br)=Cc3ccccc3)CC2)cc1. The summed E-state index contributed by atoms with van der Waals surface area (Å²) in [6.07, 6.45) is 3.93. The molecule has 0 saturated carbocycles. The van der Waals surface area contributed by atoms with Gasteiger partial charge in [0.05, 0.1) is 19.3 Å². The largest absolute Gasteiger partial charge is 0.368 e. The minimum atomic E-state index is 0.775. The van der Waals surface area contributed by atoms with Crippen molar-refractivity contribution in [2.75, 3.05) is 31.1 Å². The lowest BCUT2D eigenvalue weighted by Crippen LogP contribution is -2.44. The molecule has 0 spiro atoms. The number of nitrogens with zero attached hydrogens (tertiary/aromatic N) is 3. The van der Waals surface area contributed by atoms with Crippen molar-refractivity contribution in [3.63, 3.8) is 0 Å². The summed E-state index contributed by atoms with van der Waals surface area (Å²) in [5.74, 6) is 0. The van der Waals surface area contributed by atoms with Gasteiger partial charge in [-0.15, -0.1) is 0 Å². The van der Waals surface area contributed by atoms with Gasteiger partial charge in [-0.25, -0.2) is 0 Å². The van der Waals surface area contributed by atoms with Crippen molar-refractivity contribution in [3.05, 3.63) is 69.7 Å². The minimum absolute atomic E-state index is 0.775. The second-order valence-corrected chi connectivity index (χ2v) is 6.95. The summed E-state index contributed by atoms with van der Waals surface area (Å²) >= 11 is 9.51. The fourth-order valence-corrected chi connectivity index (χ4v) is 3.09. The number of anilines is 1. The van der Waals surface area contributed by atoms with Gasteiger partial charge in [-0.3, -0.25) is 5.01 Å². The average molecular weight is 405 g/mol. The lowest BCUT2D eigenvalue weighted by Gasteiger charge is -2.34. The van der Waals surface area contributed by atoms with Gasteiger partial charge in [0.15, 0.2) is 0 Å². The van der Waals surface area contributed by atoms with Gasteiger partial charge in [0.25, 0.3) is 0 Å². The molecule has 0 aromatic heterocycles. The Balaban J connectivity index is 1.53. The number of benzene rings is 2. The molecule has 1 aliphatic rings. The summed E-state index contributed by atoms with van der Waals surface area (Å²) in [4.78, 5) is 2.36. The van der Waals surface area contributed by atoms with Crippen molar-refractivity contribution in [2.45, 2.75) is 0 Å². The predicted molar refractivity (Wildman–Crippen MR) is 107 cm³/mol. The summed E-state index contributed by atoms with van der Waals surface area (Å²) < 4.78 is 0.967. The Kier molecular flexibility index (Phi) is 5.94. The number of halogens is 2. The number of hydrogen-bond acceptors (Lipinski definition) is 3. The number of hydrogen-bond donors (Lipinski definition) is 0. The lowest BCUT2D eigenvalue weighted by atomic mass is 10.2. The van der Waals surface area contributed by atoms with Gasteiger partial charge in [-0.1, -0.05) is 41.9 Å². The third-order valence-electron chi connectivity index (χ3n) is 3.90. The standard InChI is InChI=1S/C19H19BrClN3/c20-17(14-16-4-2-1-3-5-16)15-22-24-12-10-23(11-13-24)19-8-6-18(21)7-9-19/h1-9,14-15H,10-13H2. The van der Waals surface area contributed by atoms with Crippen LogP contribution >= 0.6 is 27.5 Å². The van der Waals surface area contributed by atoms with E-state index in [9.17, 15) is 0 Å². The monoisotopic (exact) mass is 403 g/mol. The lowest BCUT2D eigenvalue weighted by molar-refractivity contribution is 0.272. The molecule has 0 aliphatic carbocycles. The van der Waals surface area contributed by atoms with Gasteiger partial charge in [-0.05, 0) is 51.8 Å². The Labute approximate surface area is 156 Å². The first-order valence-electron chi connectivity index (χ1n) is 7.92. The number of rotatable bonds is 4. The zero-order valence-corrected chi connectivity index (χ0v) is 15.6. The van der Waals surface area contributed by atoms with E-state index in [1.807, 2.05) is 36.5 Å². The van der Waals surface area contributed by atoms with Crippen LogP contribution in [-0.4, -0.2) is 37.4 Å². The van der Waals surface area contributed by atoms with Gasteiger partial charge in [0, 0.05) is 28.3 Å². The van der Waals surface area contributed by atoms with Crippen LogP contribution in [0.5, 0.6) is 0 Å². The third-order valence-corrected chi connectivity index (χ3v) is 4.58. The topological polar surface area (TPSA) is 18.8 Å². The van der Waals surface area contributed by atoms with Crippen molar-refractivity contribution in [1.82, 2.24) is 5.01 Å². The third kappa shape index (κ3) is 4.86. The molecule has 0 amide bonds. The quantitative estimate of drug-likeness (QED) is 0.676. The molecule has 0 atom stereocenters. The average Bonchev–Trinajstić information content (AvgIpc) is 2.62. The first kappa shape index (κ1) is 17.1. The maximum atomic E-state index is 5.95. The molecule has 0 N–H and O–H groups in total. The van der Waals surface area contributed by atoms with Crippen LogP contribution in [0.1, 0.15) is 5.56 Å². The highest BCUT2D eigenvalue weighted by Crippen LogP contribution is 2.19. The van der Waals surface area contributed by atoms with E-state index in [4.69, 9.17) is 11.6 Å². The second-order valence-electron chi connectivity index (χ2n) is 5.60. The Morgan fingerprint density at radius 3 is 2.29 bits per heavy atom. The second kappa shape index (κ2) is 8.36. The highest BCUT2D eigenvalue weighted by Gasteiger charge is 2.15. The van der Waals surface area contributed by atoms with Crippen LogP contribution in [-0.2, 0) is 0 Å². The molecule has 1 heterocycles. The van der Waals surface area contributed by atoms with E-state index >= 15 is 0 Å². The fourth-order valence-electron chi connectivity index (χ4n) is 2.60. The summed E-state index contributed by atoms with van der Waals surface area (Å²) in [5.41, 5.74) is 2.37. The van der Waals surface area contributed by atoms with Crippen LogP contribution in [0, 0.1) is 0 Å². The predicted octanol–water partition coefficient (Wildman–Crippen LogP) is 4.88. The Morgan fingerprint density at radius 2 is 1.62 bits per heavy atom. The van der Waals surface area contributed by atoms with E-state index in [2.05, 4.69) is 61.3 Å². The summed E-state index contributed by atoms with van der Waals surface area (Å²) in [6, 6.07) is 18.2.